The molecule has 1 aromatic heterocycles. The van der Waals surface area contributed by atoms with Crippen molar-refractivity contribution in [2.75, 3.05) is 44.3 Å². The monoisotopic (exact) mass is 657 g/mol. The molecule has 0 amide bonds. The van der Waals surface area contributed by atoms with Crippen LogP contribution in [0.4, 0.5) is 14.6 Å². The first-order valence-electron chi connectivity index (χ1n) is 16.4. The van der Waals surface area contributed by atoms with Crippen molar-refractivity contribution in [2.24, 2.45) is 5.41 Å². The van der Waals surface area contributed by atoms with Crippen LogP contribution in [0.3, 0.4) is 0 Å². The van der Waals surface area contributed by atoms with Crippen molar-refractivity contribution >= 4 is 39.1 Å². The van der Waals surface area contributed by atoms with E-state index in [1.807, 2.05) is 0 Å². The van der Waals surface area contributed by atoms with E-state index in [2.05, 4.69) is 26.0 Å². The summed E-state index contributed by atoms with van der Waals surface area (Å²) < 4.78 is 44.1. The molecule has 4 aromatic rings. The third-order valence-electron chi connectivity index (χ3n) is 10.8. The maximum atomic E-state index is 17.0. The number of nitrogens with one attached hydrogen (secondary N) is 1. The number of fused-ring (bicyclic) bond motifs is 6. The smallest absolute Gasteiger partial charge is 0.319 e. The molecule has 4 bridgehead atoms. The molecule has 0 spiro atoms. The molecule has 5 fully saturated rings. The molecule has 9 rings (SSSR count). The number of piperazine rings is 1. The number of phenols is 1. The molecule has 3 aromatic carbocycles. The van der Waals surface area contributed by atoms with Crippen molar-refractivity contribution in [3.63, 3.8) is 0 Å². The quantitative estimate of drug-likeness (QED) is 0.247. The zero-order valence-electron chi connectivity index (χ0n) is 25.7. The second-order valence-corrected chi connectivity index (χ2v) is 14.4. The van der Waals surface area contributed by atoms with Crippen LogP contribution in [0, 0.1) is 29.4 Å². The SMILES string of the molecule is C#Cc1c(F)ccc2cc(O)cc(-c3c(Cl)cc4c(N5CC6CCC(C5)N6)nc(OCC5(CN6C[C@H]7C[C@@H]6CO7)CC5)nc4c3F)c12. The first-order chi connectivity index (χ1) is 22.8. The number of hydrogen-bond acceptors (Lipinski definition) is 8. The average molecular weight is 658 g/mol. The van der Waals surface area contributed by atoms with Gasteiger partial charge in [-0.25, -0.2) is 8.78 Å². The maximum Gasteiger partial charge on any atom is 0.319 e. The molecule has 8 nitrogen and oxygen atoms in total. The number of rotatable bonds is 7. The van der Waals surface area contributed by atoms with E-state index in [-0.39, 0.29) is 49.8 Å². The van der Waals surface area contributed by atoms with Crippen LogP contribution < -0.4 is 15.0 Å². The van der Waals surface area contributed by atoms with Gasteiger partial charge in [0, 0.05) is 66.1 Å². The topological polar surface area (TPSA) is 83.0 Å². The minimum absolute atomic E-state index is 0.0109. The van der Waals surface area contributed by atoms with Crippen LogP contribution in [0.25, 0.3) is 32.8 Å². The fourth-order valence-corrected chi connectivity index (χ4v) is 8.59. The van der Waals surface area contributed by atoms with Crippen LogP contribution in [0.5, 0.6) is 11.8 Å². The van der Waals surface area contributed by atoms with E-state index in [9.17, 15) is 9.50 Å². The highest BCUT2D eigenvalue weighted by atomic mass is 35.5. The Balaban J connectivity index is 1.15. The van der Waals surface area contributed by atoms with Crippen LogP contribution in [0.2, 0.25) is 5.02 Å². The summed E-state index contributed by atoms with van der Waals surface area (Å²) >= 11 is 6.89. The number of halogens is 3. The number of aromatic hydroxyl groups is 1. The maximum absolute atomic E-state index is 17.0. The van der Waals surface area contributed by atoms with Crippen molar-refractivity contribution in [3.05, 3.63) is 52.6 Å². The van der Waals surface area contributed by atoms with E-state index in [4.69, 9.17) is 32.5 Å². The number of ether oxygens (including phenoxy) is 2. The molecule has 5 aliphatic rings. The van der Waals surface area contributed by atoms with Crippen LogP contribution >= 0.6 is 11.6 Å². The normalized spacial score (nSPS) is 26.0. The number of benzene rings is 3. The predicted octanol–water partition coefficient (Wildman–Crippen LogP) is 5.64. The Hall–Kier alpha value is -3.75. The first kappa shape index (κ1) is 29.4. The van der Waals surface area contributed by atoms with Crippen molar-refractivity contribution in [2.45, 2.75) is 56.3 Å². The lowest BCUT2D eigenvalue weighted by molar-refractivity contribution is 0.0176. The van der Waals surface area contributed by atoms with Gasteiger partial charge in [-0.3, -0.25) is 4.90 Å². The number of morpholine rings is 1. The Morgan fingerprint density at radius 1 is 1.13 bits per heavy atom. The highest BCUT2D eigenvalue weighted by Gasteiger charge is 2.49. The number of nitrogens with zero attached hydrogens (tertiary/aromatic N) is 4. The first-order valence-corrected chi connectivity index (χ1v) is 16.8. The third-order valence-corrected chi connectivity index (χ3v) is 11.1. The van der Waals surface area contributed by atoms with Gasteiger partial charge >= 0.3 is 6.01 Å². The fourth-order valence-electron chi connectivity index (χ4n) is 8.29. The summed E-state index contributed by atoms with van der Waals surface area (Å²) in [5.41, 5.74) is 0.175. The molecule has 5 heterocycles. The molecule has 4 atom stereocenters. The van der Waals surface area contributed by atoms with E-state index >= 15 is 4.39 Å². The summed E-state index contributed by atoms with van der Waals surface area (Å²) in [6.45, 7) is 4.55. The summed E-state index contributed by atoms with van der Waals surface area (Å²) in [7, 11) is 0. The molecule has 1 saturated carbocycles. The summed E-state index contributed by atoms with van der Waals surface area (Å²) in [4.78, 5) is 14.3. The number of anilines is 1. The second kappa shape index (κ2) is 10.9. The minimum Gasteiger partial charge on any atom is -0.508 e. The summed E-state index contributed by atoms with van der Waals surface area (Å²) in [5, 5.41) is 15.5. The number of likely N-dealkylation sites (tertiary alicyclic amines) is 1. The number of hydrogen-bond donors (Lipinski definition) is 2. The molecular weight excluding hydrogens is 624 g/mol. The highest BCUT2D eigenvalue weighted by molar-refractivity contribution is 6.35. The summed E-state index contributed by atoms with van der Waals surface area (Å²) in [6, 6.07) is 8.43. The second-order valence-electron chi connectivity index (χ2n) is 14.0. The Labute approximate surface area is 276 Å². The molecular formula is C36H34ClF2N5O3. The van der Waals surface area contributed by atoms with Gasteiger partial charge in [0.15, 0.2) is 5.82 Å². The van der Waals surface area contributed by atoms with Gasteiger partial charge in [-0.15, -0.1) is 6.42 Å². The van der Waals surface area contributed by atoms with E-state index in [0.29, 0.717) is 60.5 Å². The Morgan fingerprint density at radius 3 is 2.64 bits per heavy atom. The summed E-state index contributed by atoms with van der Waals surface area (Å²) in [6.07, 6.45) is 11.4. The van der Waals surface area contributed by atoms with Gasteiger partial charge in [0.2, 0.25) is 0 Å². The van der Waals surface area contributed by atoms with Crippen molar-refractivity contribution < 1.29 is 23.4 Å². The zero-order valence-corrected chi connectivity index (χ0v) is 26.5. The van der Waals surface area contributed by atoms with E-state index < -0.39 is 11.6 Å². The molecule has 2 unspecified atom stereocenters. The van der Waals surface area contributed by atoms with Gasteiger partial charge in [-0.1, -0.05) is 23.6 Å². The molecule has 242 valence electrons. The number of phenolic OH excluding ortho intramolecular Hbond substituents is 1. The Kier molecular flexibility index (Phi) is 6.81. The molecule has 47 heavy (non-hydrogen) atoms. The number of aromatic nitrogens is 2. The van der Waals surface area contributed by atoms with Gasteiger partial charge in [-0.2, -0.15) is 9.97 Å². The van der Waals surface area contributed by atoms with Crippen LogP contribution in [0.15, 0.2) is 30.3 Å². The molecule has 4 aliphatic heterocycles. The van der Waals surface area contributed by atoms with Crippen molar-refractivity contribution in [3.8, 4) is 35.2 Å². The van der Waals surface area contributed by atoms with Gasteiger partial charge < -0.3 is 24.8 Å². The molecule has 4 saturated heterocycles. The molecule has 1 aliphatic carbocycles. The molecule has 2 N–H and O–H groups in total. The molecule has 0 radical (unpaired) electrons. The van der Waals surface area contributed by atoms with Crippen LogP contribution in [-0.2, 0) is 4.74 Å². The largest absolute Gasteiger partial charge is 0.508 e. The fraction of sp³-hybridized carbons (Fsp3) is 0.444. The van der Waals surface area contributed by atoms with Crippen molar-refractivity contribution in [1.29, 1.82) is 0 Å². The average Bonchev–Trinajstić information content (AvgIpc) is 3.32. The molecule has 11 heteroatoms. The van der Waals surface area contributed by atoms with Gasteiger partial charge in [0.25, 0.3) is 0 Å². The minimum atomic E-state index is -0.715. The summed E-state index contributed by atoms with van der Waals surface area (Å²) in [5.74, 6) is 1.50. The standard InChI is InChI=1S/C36H34ClF2N5O3/c1-2-25-29(38)6-3-19-9-23(45)11-26(30(19)25)31-28(37)12-27-33(32(31)39)41-35(42-34(27)43-13-20-4-5-21(14-43)40-20)47-18-36(7-8-36)17-44-15-24-10-22(44)16-46-24/h1,3,6,9,11-12,20-22,24,40,45H,4-5,7-8,10,13-18H2/t20?,21?,22-,24-/m1/s1. The lowest BCUT2D eigenvalue weighted by Gasteiger charge is -2.34. The predicted molar refractivity (Wildman–Crippen MR) is 176 cm³/mol. The van der Waals surface area contributed by atoms with Crippen LogP contribution in [0.1, 0.15) is 37.7 Å². The lowest BCUT2D eigenvalue weighted by atomic mass is 9.93. The van der Waals surface area contributed by atoms with Gasteiger partial charge in [-0.05, 0) is 67.3 Å². The van der Waals surface area contributed by atoms with Gasteiger partial charge in [0.05, 0.1) is 29.9 Å². The third kappa shape index (κ3) is 4.98. The Morgan fingerprint density at radius 2 is 1.94 bits per heavy atom. The number of terminal acetylenes is 1. The zero-order chi connectivity index (χ0) is 32.0. The van der Waals surface area contributed by atoms with E-state index in [1.165, 1.54) is 24.3 Å². The van der Waals surface area contributed by atoms with E-state index in [0.717, 1.165) is 51.8 Å². The Bertz CT molecular complexity index is 1990. The van der Waals surface area contributed by atoms with E-state index in [1.54, 1.807) is 6.07 Å². The van der Waals surface area contributed by atoms with Crippen LogP contribution in [-0.4, -0.2) is 83.6 Å². The lowest BCUT2D eigenvalue weighted by Crippen LogP contribution is -2.51. The highest BCUT2D eigenvalue weighted by Crippen LogP contribution is 2.49. The van der Waals surface area contributed by atoms with Gasteiger partial charge in [0.1, 0.15) is 22.9 Å². The van der Waals surface area contributed by atoms with Crippen molar-refractivity contribution in [1.82, 2.24) is 20.2 Å².